The van der Waals surface area contributed by atoms with Crippen LogP contribution in [0.25, 0.3) is 5.65 Å². The van der Waals surface area contributed by atoms with E-state index in [0.29, 0.717) is 48.7 Å². The fraction of sp³-hybridized carbons (Fsp3) is 0.583. The third kappa shape index (κ3) is 4.67. The lowest BCUT2D eigenvalue weighted by molar-refractivity contribution is -0.197. The summed E-state index contributed by atoms with van der Waals surface area (Å²) in [6.45, 7) is -1.52. The van der Waals surface area contributed by atoms with Crippen LogP contribution in [0.2, 0.25) is 0 Å². The quantitative estimate of drug-likeness (QED) is 0.369. The van der Waals surface area contributed by atoms with Crippen LogP contribution in [0.5, 0.6) is 0 Å². The summed E-state index contributed by atoms with van der Waals surface area (Å²) < 4.78 is 57.0. The van der Waals surface area contributed by atoms with Crippen molar-refractivity contribution in [2.24, 2.45) is 5.92 Å². The second kappa shape index (κ2) is 9.34. The van der Waals surface area contributed by atoms with Gasteiger partial charge in [-0.25, -0.2) is 19.2 Å². The molecule has 0 aromatic carbocycles. The van der Waals surface area contributed by atoms with Crippen molar-refractivity contribution < 1.29 is 32.2 Å². The van der Waals surface area contributed by atoms with Crippen molar-refractivity contribution in [1.29, 1.82) is 0 Å². The molecule has 208 valence electrons. The molecule has 1 amide bonds. The summed E-state index contributed by atoms with van der Waals surface area (Å²) in [4.78, 5) is 23.1. The van der Waals surface area contributed by atoms with E-state index >= 15 is 4.39 Å². The van der Waals surface area contributed by atoms with Crippen molar-refractivity contribution in [2.45, 2.75) is 62.4 Å². The SMILES string of the molecule is O=C(NC12CC(C1)C2)O[C@H]1CO[C@@H](c2cc(Nc3nccc4nc(CN5CC(OC(F)F)C5)cn34)n[nH]2)[C@H]1F. The highest BCUT2D eigenvalue weighted by atomic mass is 19.3. The Balaban J connectivity index is 0.965. The van der Waals surface area contributed by atoms with Gasteiger partial charge >= 0.3 is 12.7 Å². The topological polar surface area (TPSA) is 131 Å². The van der Waals surface area contributed by atoms with Crippen LogP contribution >= 0.6 is 0 Å². The fourth-order valence-electron chi connectivity index (χ4n) is 5.86. The molecule has 2 bridgehead atoms. The summed E-state index contributed by atoms with van der Waals surface area (Å²) in [5.74, 6) is 1.52. The molecular formula is C24H27F3N8O4. The number of alkyl carbamates (subject to hydrolysis) is 1. The number of alkyl halides is 3. The number of hydrogen-bond donors (Lipinski definition) is 3. The van der Waals surface area contributed by atoms with Crippen LogP contribution < -0.4 is 10.6 Å². The van der Waals surface area contributed by atoms with Crippen molar-refractivity contribution in [2.75, 3.05) is 25.0 Å². The van der Waals surface area contributed by atoms with Crippen LogP contribution in [0, 0.1) is 5.92 Å². The molecule has 5 fully saturated rings. The highest BCUT2D eigenvalue weighted by Crippen LogP contribution is 2.57. The summed E-state index contributed by atoms with van der Waals surface area (Å²) in [6.07, 6.45) is 1.70. The molecule has 39 heavy (non-hydrogen) atoms. The monoisotopic (exact) mass is 548 g/mol. The van der Waals surface area contributed by atoms with E-state index in [1.165, 1.54) is 0 Å². The summed E-state index contributed by atoms with van der Waals surface area (Å²) in [7, 11) is 0. The van der Waals surface area contributed by atoms with Gasteiger partial charge in [0.1, 0.15) is 11.8 Å². The van der Waals surface area contributed by atoms with E-state index in [9.17, 15) is 13.6 Å². The van der Waals surface area contributed by atoms with Gasteiger partial charge in [0.15, 0.2) is 18.1 Å². The maximum absolute atomic E-state index is 15.1. The standard InChI is InChI=1S/C24H27F3N8O4/c25-19-16(39-23(36)31-24-4-12(5-24)6-24)11-37-20(19)15-3-17(33-32-15)30-22-28-2-1-18-29-13(8-35(18)22)7-34-9-14(10-34)38-21(26)27/h1-3,8,12,14,16,19-21H,4-7,9-11H2,(H,31,36)(H2,28,30,32,33)/t12?,16-,19-,20-,24?/m0/s1. The molecule has 3 aromatic heterocycles. The van der Waals surface area contributed by atoms with Crippen molar-refractivity contribution in [3.8, 4) is 0 Å². The van der Waals surface area contributed by atoms with Gasteiger partial charge in [0, 0.05) is 43.6 Å². The maximum atomic E-state index is 15.1. The third-order valence-corrected chi connectivity index (χ3v) is 7.93. The number of anilines is 2. The molecule has 3 aromatic rings. The Labute approximate surface area is 220 Å². The Morgan fingerprint density at radius 3 is 2.87 bits per heavy atom. The Hall–Kier alpha value is -3.43. The minimum Gasteiger partial charge on any atom is -0.441 e. The summed E-state index contributed by atoms with van der Waals surface area (Å²) in [5.41, 5.74) is 1.63. The molecule has 0 spiro atoms. The molecule has 5 heterocycles. The third-order valence-electron chi connectivity index (χ3n) is 7.93. The van der Waals surface area contributed by atoms with Gasteiger partial charge in [-0.15, -0.1) is 0 Å². The number of amides is 1. The van der Waals surface area contributed by atoms with Crippen LogP contribution in [-0.4, -0.2) is 85.8 Å². The predicted molar refractivity (Wildman–Crippen MR) is 128 cm³/mol. The minimum absolute atomic E-state index is 0.0542. The lowest BCUT2D eigenvalue weighted by Crippen LogP contribution is -2.68. The number of carbonyl (C=O) groups excluding carboxylic acids is 1. The number of aromatic amines is 1. The number of rotatable bonds is 9. The molecule has 15 heteroatoms. The van der Waals surface area contributed by atoms with E-state index in [1.807, 2.05) is 4.90 Å². The van der Waals surface area contributed by atoms with Crippen LogP contribution in [0.15, 0.2) is 24.5 Å². The van der Waals surface area contributed by atoms with Crippen molar-refractivity contribution in [3.63, 3.8) is 0 Å². The number of nitrogens with zero attached hydrogens (tertiary/aromatic N) is 5. The van der Waals surface area contributed by atoms with Gasteiger partial charge in [0.05, 0.1) is 24.1 Å². The Bertz CT molecular complexity index is 1360. The number of hydrogen-bond acceptors (Lipinski definition) is 9. The molecule has 3 atom stereocenters. The zero-order valence-electron chi connectivity index (χ0n) is 20.7. The second-order valence-electron chi connectivity index (χ2n) is 10.8. The predicted octanol–water partition coefficient (Wildman–Crippen LogP) is 2.68. The normalized spacial score (nSPS) is 30.2. The van der Waals surface area contributed by atoms with Crippen molar-refractivity contribution in [1.82, 2.24) is 34.8 Å². The first-order chi connectivity index (χ1) is 18.8. The summed E-state index contributed by atoms with van der Waals surface area (Å²) in [5, 5.41) is 13.0. The number of H-pyrrole nitrogens is 1. The van der Waals surface area contributed by atoms with E-state index in [2.05, 4.69) is 35.5 Å². The number of imidazole rings is 1. The summed E-state index contributed by atoms with van der Waals surface area (Å²) >= 11 is 0. The lowest BCUT2D eigenvalue weighted by Gasteiger charge is -2.61. The van der Waals surface area contributed by atoms with Gasteiger partial charge in [-0.1, -0.05) is 0 Å². The second-order valence-corrected chi connectivity index (χ2v) is 10.8. The number of nitrogens with one attached hydrogen (secondary N) is 3. The van der Waals surface area contributed by atoms with Crippen LogP contribution in [0.4, 0.5) is 29.7 Å². The van der Waals surface area contributed by atoms with Gasteiger partial charge in [0.25, 0.3) is 0 Å². The van der Waals surface area contributed by atoms with Crippen LogP contribution in [0.3, 0.4) is 0 Å². The van der Waals surface area contributed by atoms with Gasteiger partial charge in [-0.05, 0) is 31.2 Å². The number of aromatic nitrogens is 5. The van der Waals surface area contributed by atoms with Crippen LogP contribution in [-0.2, 0) is 20.8 Å². The van der Waals surface area contributed by atoms with E-state index in [1.54, 1.807) is 28.9 Å². The van der Waals surface area contributed by atoms with Gasteiger partial charge < -0.3 is 24.8 Å². The first-order valence-corrected chi connectivity index (χ1v) is 12.9. The van der Waals surface area contributed by atoms with Gasteiger partial charge in [0.2, 0.25) is 5.95 Å². The number of likely N-dealkylation sites (tertiary alicyclic amines) is 1. The molecule has 0 radical (unpaired) electrons. The largest absolute Gasteiger partial charge is 0.441 e. The Kier molecular flexibility index (Phi) is 5.89. The maximum Gasteiger partial charge on any atom is 0.408 e. The molecule has 0 unspecified atom stereocenters. The zero-order valence-corrected chi connectivity index (χ0v) is 20.7. The molecule has 3 saturated carbocycles. The Morgan fingerprint density at radius 2 is 2.13 bits per heavy atom. The molecule has 2 saturated heterocycles. The van der Waals surface area contributed by atoms with E-state index in [0.717, 1.165) is 25.0 Å². The summed E-state index contributed by atoms with van der Waals surface area (Å²) in [6, 6.07) is 3.36. The van der Waals surface area contributed by atoms with Crippen LogP contribution in [0.1, 0.15) is 36.8 Å². The number of fused-ring (bicyclic) bond motifs is 1. The molecule has 5 aliphatic rings. The first-order valence-electron chi connectivity index (χ1n) is 12.9. The minimum atomic E-state index is -2.77. The zero-order chi connectivity index (χ0) is 26.7. The first kappa shape index (κ1) is 24.6. The Morgan fingerprint density at radius 1 is 1.31 bits per heavy atom. The van der Waals surface area contributed by atoms with Crippen molar-refractivity contribution >= 4 is 23.5 Å². The van der Waals surface area contributed by atoms with E-state index in [-0.39, 0.29) is 12.1 Å². The van der Waals surface area contributed by atoms with E-state index in [4.69, 9.17) is 9.47 Å². The average molecular weight is 549 g/mol. The van der Waals surface area contributed by atoms with Crippen molar-refractivity contribution in [3.05, 3.63) is 35.9 Å². The molecular weight excluding hydrogens is 521 g/mol. The van der Waals surface area contributed by atoms with Gasteiger partial charge in [-0.2, -0.15) is 13.9 Å². The average Bonchev–Trinajstić information content (AvgIpc) is 3.53. The highest BCUT2D eigenvalue weighted by Gasteiger charge is 2.58. The molecule has 3 N–H and O–H groups in total. The van der Waals surface area contributed by atoms with E-state index < -0.39 is 37.2 Å². The molecule has 12 nitrogen and oxygen atoms in total. The highest BCUT2D eigenvalue weighted by molar-refractivity contribution is 5.69. The number of carbonyl (C=O) groups is 1. The van der Waals surface area contributed by atoms with Gasteiger partial charge in [-0.3, -0.25) is 14.4 Å². The molecule has 2 aliphatic heterocycles. The molecule has 8 rings (SSSR count). The fourth-order valence-corrected chi connectivity index (χ4v) is 5.86. The smallest absolute Gasteiger partial charge is 0.408 e. The molecule has 3 aliphatic carbocycles. The number of halogens is 3. The lowest BCUT2D eigenvalue weighted by atomic mass is 9.50. The number of ether oxygens (including phenoxy) is 3.